The molecule has 2 fully saturated rings. The predicted molar refractivity (Wildman–Crippen MR) is 139 cm³/mol. The smallest absolute Gasteiger partial charge is 0.411 e. The van der Waals surface area contributed by atoms with E-state index in [2.05, 4.69) is 40.5 Å². The Morgan fingerprint density at radius 2 is 1.64 bits per heavy atom. The fourth-order valence-corrected chi connectivity index (χ4v) is 5.70. The summed E-state index contributed by atoms with van der Waals surface area (Å²) in [5, 5.41) is 2.80. The van der Waals surface area contributed by atoms with Gasteiger partial charge in [0.1, 0.15) is 5.75 Å². The molecule has 3 aromatic rings. The van der Waals surface area contributed by atoms with Crippen LogP contribution in [0.3, 0.4) is 0 Å². The molecule has 5 rings (SSSR count). The minimum absolute atomic E-state index is 0.186. The number of fused-ring (bicyclic) bond motifs is 2. The number of nitrogens with one attached hydrogen (secondary N) is 1. The third kappa shape index (κ3) is 5.44. The van der Waals surface area contributed by atoms with Crippen molar-refractivity contribution in [1.29, 1.82) is 0 Å². The van der Waals surface area contributed by atoms with Gasteiger partial charge in [0.05, 0.1) is 19.4 Å². The van der Waals surface area contributed by atoms with E-state index in [9.17, 15) is 9.59 Å². The first-order valence-electron chi connectivity index (χ1n) is 12.6. The van der Waals surface area contributed by atoms with Crippen LogP contribution in [0.5, 0.6) is 5.75 Å². The largest absolute Gasteiger partial charge is 0.497 e. The maximum Gasteiger partial charge on any atom is 0.411 e. The van der Waals surface area contributed by atoms with Gasteiger partial charge in [-0.3, -0.25) is 15.0 Å². The summed E-state index contributed by atoms with van der Waals surface area (Å²) in [6.07, 6.45) is 1.85. The van der Waals surface area contributed by atoms with Crippen molar-refractivity contribution in [2.24, 2.45) is 17.8 Å². The Morgan fingerprint density at radius 3 is 2.39 bits per heavy atom. The Hall–Kier alpha value is -3.64. The topological polar surface area (TPSA) is 67.9 Å². The predicted octanol–water partition coefficient (Wildman–Crippen LogP) is 5.63. The minimum atomic E-state index is -0.521. The van der Waals surface area contributed by atoms with E-state index in [0.29, 0.717) is 46.9 Å². The van der Waals surface area contributed by atoms with Gasteiger partial charge in [0.25, 0.3) is 0 Å². The number of benzene rings is 3. The van der Waals surface area contributed by atoms with Gasteiger partial charge in [-0.25, -0.2) is 4.79 Å². The standard InChI is InChI=1S/C30H32N2O4/c1-35-25-11-7-10-22(16-25)29(33)26-12-5-6-13-28(26)31-30(34)36-20-27-23-14-15-24(27)19-32(18-23)17-21-8-3-2-4-9-21/h2-13,16,23-24,27H,14-15,17-20H2,1H3,(H,31,34). The molecule has 1 aliphatic heterocycles. The summed E-state index contributed by atoms with van der Waals surface area (Å²) in [4.78, 5) is 28.4. The average Bonchev–Trinajstić information content (AvgIpc) is 3.15. The quantitative estimate of drug-likeness (QED) is 0.420. The lowest BCUT2D eigenvalue weighted by Gasteiger charge is -2.37. The lowest BCUT2D eigenvalue weighted by atomic mass is 9.85. The molecule has 186 valence electrons. The zero-order chi connectivity index (χ0) is 24.9. The number of carbonyl (C=O) groups excluding carboxylic acids is 2. The van der Waals surface area contributed by atoms with Crippen molar-refractivity contribution in [2.75, 3.05) is 32.1 Å². The zero-order valence-electron chi connectivity index (χ0n) is 20.6. The lowest BCUT2D eigenvalue weighted by Crippen LogP contribution is -2.43. The number of carbonyl (C=O) groups is 2. The van der Waals surface area contributed by atoms with Crippen LogP contribution in [0.4, 0.5) is 10.5 Å². The van der Waals surface area contributed by atoms with Gasteiger partial charge in [-0.15, -0.1) is 0 Å². The number of likely N-dealkylation sites (tertiary alicyclic amines) is 1. The highest BCUT2D eigenvalue weighted by Crippen LogP contribution is 2.42. The summed E-state index contributed by atoms with van der Waals surface area (Å²) in [5.74, 6) is 1.89. The van der Waals surface area contributed by atoms with Gasteiger partial charge < -0.3 is 9.47 Å². The second-order valence-electron chi connectivity index (χ2n) is 9.77. The highest BCUT2D eigenvalue weighted by Gasteiger charge is 2.42. The molecule has 1 saturated heterocycles. The fourth-order valence-electron chi connectivity index (χ4n) is 5.70. The number of anilines is 1. The van der Waals surface area contributed by atoms with E-state index in [1.165, 1.54) is 18.4 Å². The number of amides is 1. The number of hydrogen-bond acceptors (Lipinski definition) is 5. The van der Waals surface area contributed by atoms with Crippen LogP contribution < -0.4 is 10.1 Å². The van der Waals surface area contributed by atoms with Crippen molar-refractivity contribution >= 4 is 17.6 Å². The normalized spacial score (nSPS) is 21.1. The molecule has 0 radical (unpaired) electrons. The van der Waals surface area contributed by atoms with Crippen molar-refractivity contribution in [2.45, 2.75) is 19.4 Å². The van der Waals surface area contributed by atoms with Crippen LogP contribution in [0.2, 0.25) is 0 Å². The van der Waals surface area contributed by atoms with Gasteiger partial charge in [0, 0.05) is 36.7 Å². The van der Waals surface area contributed by atoms with Crippen molar-refractivity contribution in [3.05, 3.63) is 95.6 Å². The summed E-state index contributed by atoms with van der Waals surface area (Å²) in [6, 6.07) is 24.6. The van der Waals surface area contributed by atoms with Crippen LogP contribution in [-0.4, -0.2) is 43.6 Å². The van der Waals surface area contributed by atoms with Gasteiger partial charge in [-0.2, -0.15) is 0 Å². The van der Waals surface area contributed by atoms with Crippen molar-refractivity contribution in [3.8, 4) is 5.75 Å². The minimum Gasteiger partial charge on any atom is -0.497 e. The molecule has 36 heavy (non-hydrogen) atoms. The third-order valence-corrected chi connectivity index (χ3v) is 7.50. The summed E-state index contributed by atoms with van der Waals surface area (Å²) in [6.45, 7) is 3.46. The van der Waals surface area contributed by atoms with Gasteiger partial charge >= 0.3 is 6.09 Å². The highest BCUT2D eigenvalue weighted by atomic mass is 16.5. The number of hydrogen-bond donors (Lipinski definition) is 1. The molecule has 1 aliphatic carbocycles. The zero-order valence-corrected chi connectivity index (χ0v) is 20.6. The number of methoxy groups -OCH3 is 1. The number of nitrogens with zero attached hydrogens (tertiary/aromatic N) is 1. The molecule has 2 bridgehead atoms. The maximum absolute atomic E-state index is 13.1. The van der Waals surface area contributed by atoms with E-state index in [0.717, 1.165) is 19.6 Å². The average molecular weight is 485 g/mol. The Balaban J connectivity index is 1.18. The molecule has 6 heteroatoms. The monoisotopic (exact) mass is 484 g/mol. The Bertz CT molecular complexity index is 1200. The van der Waals surface area contributed by atoms with Crippen LogP contribution in [-0.2, 0) is 11.3 Å². The molecule has 3 aromatic carbocycles. The first kappa shape index (κ1) is 24.1. The maximum atomic E-state index is 13.1. The van der Waals surface area contributed by atoms with E-state index in [-0.39, 0.29) is 5.78 Å². The number of rotatable bonds is 8. The number of piperidine rings is 1. The molecule has 2 unspecified atom stereocenters. The van der Waals surface area contributed by atoms with Crippen LogP contribution in [0.15, 0.2) is 78.9 Å². The second-order valence-corrected chi connectivity index (χ2v) is 9.77. The van der Waals surface area contributed by atoms with Gasteiger partial charge in [0.15, 0.2) is 5.78 Å². The Morgan fingerprint density at radius 1 is 0.917 bits per heavy atom. The van der Waals surface area contributed by atoms with E-state index < -0.39 is 6.09 Å². The molecule has 2 atom stereocenters. The molecule has 0 aromatic heterocycles. The molecule has 1 saturated carbocycles. The Kier molecular flexibility index (Phi) is 7.33. The lowest BCUT2D eigenvalue weighted by molar-refractivity contribution is 0.0528. The molecule has 2 aliphatic rings. The van der Waals surface area contributed by atoms with E-state index in [1.807, 2.05) is 0 Å². The number of ether oxygens (including phenoxy) is 2. The van der Waals surface area contributed by atoms with Crippen molar-refractivity contribution in [1.82, 2.24) is 4.90 Å². The van der Waals surface area contributed by atoms with Crippen LogP contribution in [0, 0.1) is 17.8 Å². The van der Waals surface area contributed by atoms with Crippen LogP contribution in [0.25, 0.3) is 0 Å². The van der Waals surface area contributed by atoms with E-state index in [4.69, 9.17) is 9.47 Å². The second kappa shape index (κ2) is 11.0. The SMILES string of the molecule is COc1cccc(C(=O)c2ccccc2NC(=O)OCC2C3CCC2CN(Cc2ccccc2)C3)c1. The molecule has 1 heterocycles. The summed E-state index contributed by atoms with van der Waals surface area (Å²) in [5.41, 5.74) is 2.69. The first-order chi connectivity index (χ1) is 17.6. The summed E-state index contributed by atoms with van der Waals surface area (Å²) < 4.78 is 10.9. The summed E-state index contributed by atoms with van der Waals surface area (Å²) >= 11 is 0. The van der Waals surface area contributed by atoms with Gasteiger partial charge in [-0.1, -0.05) is 54.6 Å². The summed E-state index contributed by atoms with van der Waals surface area (Å²) in [7, 11) is 1.56. The van der Waals surface area contributed by atoms with Crippen molar-refractivity contribution < 1.29 is 19.1 Å². The molecular formula is C30H32N2O4. The van der Waals surface area contributed by atoms with Crippen molar-refractivity contribution in [3.63, 3.8) is 0 Å². The van der Waals surface area contributed by atoms with E-state index >= 15 is 0 Å². The number of ketones is 1. The molecule has 0 spiro atoms. The van der Waals surface area contributed by atoms with Crippen LogP contribution in [0.1, 0.15) is 34.3 Å². The first-order valence-corrected chi connectivity index (χ1v) is 12.6. The molecule has 1 N–H and O–H groups in total. The fraction of sp³-hybridized carbons (Fsp3) is 0.333. The molecule has 1 amide bonds. The van der Waals surface area contributed by atoms with Crippen LogP contribution >= 0.6 is 0 Å². The third-order valence-electron chi connectivity index (χ3n) is 7.50. The molecular weight excluding hydrogens is 452 g/mol. The Labute approximate surface area is 212 Å². The highest BCUT2D eigenvalue weighted by molar-refractivity contribution is 6.13. The van der Waals surface area contributed by atoms with Gasteiger partial charge in [-0.05, 0) is 54.5 Å². The number of para-hydroxylation sites is 1. The molecule has 6 nitrogen and oxygen atoms in total. The van der Waals surface area contributed by atoms with Gasteiger partial charge in [0.2, 0.25) is 0 Å². The van der Waals surface area contributed by atoms with E-state index in [1.54, 1.807) is 55.6 Å².